The average Bonchev–Trinajstić information content (AvgIpc) is 3.12. The Labute approximate surface area is 185 Å². The van der Waals surface area contributed by atoms with Gasteiger partial charge in [0.05, 0.1) is 23.7 Å². The fraction of sp³-hybridized carbons (Fsp3) is 0.217. The van der Waals surface area contributed by atoms with E-state index in [0.29, 0.717) is 23.7 Å². The van der Waals surface area contributed by atoms with E-state index in [1.165, 1.54) is 0 Å². The van der Waals surface area contributed by atoms with Gasteiger partial charge in [0.25, 0.3) is 0 Å². The number of fused-ring (bicyclic) bond motifs is 1. The van der Waals surface area contributed by atoms with Crippen LogP contribution in [0.5, 0.6) is 0 Å². The van der Waals surface area contributed by atoms with Crippen LogP contribution in [-0.4, -0.2) is 34.2 Å². The summed E-state index contributed by atoms with van der Waals surface area (Å²) in [6, 6.07) is 13.2. The normalized spacial score (nSPS) is 16.3. The zero-order chi connectivity index (χ0) is 22.0. The van der Waals surface area contributed by atoms with Crippen molar-refractivity contribution in [2.45, 2.75) is 19.4 Å². The Morgan fingerprint density at radius 3 is 2.81 bits per heavy atom. The van der Waals surface area contributed by atoms with Gasteiger partial charge in [-0.15, -0.1) is 0 Å². The number of aliphatic imine (C=N–C) groups is 1. The number of hydrogen-bond donors (Lipinski definition) is 1. The molecule has 31 heavy (non-hydrogen) atoms. The van der Waals surface area contributed by atoms with Gasteiger partial charge in [-0.25, -0.2) is 0 Å². The van der Waals surface area contributed by atoms with Crippen molar-refractivity contribution in [2.75, 3.05) is 11.4 Å². The molecule has 0 radical (unpaired) electrons. The minimum atomic E-state index is -0.227. The summed E-state index contributed by atoms with van der Waals surface area (Å²) in [4.78, 5) is 18.7. The Balaban J connectivity index is 1.89. The molecule has 0 spiro atoms. The summed E-state index contributed by atoms with van der Waals surface area (Å²) in [5.74, 6) is 5.58. The summed E-state index contributed by atoms with van der Waals surface area (Å²) < 4.78 is 1.76. The first kappa shape index (κ1) is 20.8. The number of rotatable bonds is 5. The number of nitrogens with zero attached hydrogens (tertiary/aromatic N) is 5. The highest BCUT2D eigenvalue weighted by atomic mass is 35.5. The van der Waals surface area contributed by atoms with Gasteiger partial charge in [0.15, 0.2) is 0 Å². The van der Waals surface area contributed by atoms with Crippen LogP contribution in [0.3, 0.4) is 0 Å². The van der Waals surface area contributed by atoms with Crippen molar-refractivity contribution >= 4 is 35.1 Å². The predicted octanol–water partition coefficient (Wildman–Crippen LogP) is 3.97. The number of nitrogens with two attached hydrogens (primary N) is 1. The fourth-order valence-corrected chi connectivity index (χ4v) is 4.14. The van der Waals surface area contributed by atoms with Gasteiger partial charge in [-0.3, -0.25) is 14.5 Å². The first-order valence-corrected chi connectivity index (χ1v) is 10.3. The van der Waals surface area contributed by atoms with Crippen molar-refractivity contribution in [3.8, 4) is 11.1 Å². The summed E-state index contributed by atoms with van der Waals surface area (Å²) in [6.07, 6.45) is 5.29. The maximum Gasteiger partial charge on any atom is 0.214 e. The summed E-state index contributed by atoms with van der Waals surface area (Å²) >= 11 is 6.20. The molecule has 8 heteroatoms. The van der Waals surface area contributed by atoms with E-state index >= 15 is 0 Å². The Morgan fingerprint density at radius 1 is 1.29 bits per heavy atom. The van der Waals surface area contributed by atoms with E-state index in [0.717, 1.165) is 40.1 Å². The van der Waals surface area contributed by atoms with Gasteiger partial charge in [-0.2, -0.15) is 10.2 Å². The van der Waals surface area contributed by atoms with Gasteiger partial charge in [0, 0.05) is 41.6 Å². The van der Waals surface area contributed by atoms with Crippen LogP contribution in [0.15, 0.2) is 65.0 Å². The Bertz CT molecular complexity index is 1180. The molecule has 2 N–H and O–H groups in total. The van der Waals surface area contributed by atoms with Crippen molar-refractivity contribution in [1.29, 1.82) is 0 Å². The number of hydrazone groups is 1. The fourth-order valence-electron chi connectivity index (χ4n) is 3.95. The van der Waals surface area contributed by atoms with Gasteiger partial charge in [-0.1, -0.05) is 29.8 Å². The molecule has 0 saturated heterocycles. The lowest BCUT2D eigenvalue weighted by molar-refractivity contribution is -0.107. The lowest BCUT2D eigenvalue weighted by Crippen LogP contribution is -2.28. The molecular formula is C23H23ClN6O. The highest BCUT2D eigenvalue weighted by Gasteiger charge is 2.28. The second kappa shape index (κ2) is 8.73. The zero-order valence-corrected chi connectivity index (χ0v) is 18.1. The van der Waals surface area contributed by atoms with Crippen LogP contribution in [0.1, 0.15) is 30.5 Å². The molecule has 2 heterocycles. The molecule has 1 atom stereocenters. The van der Waals surface area contributed by atoms with Crippen LogP contribution < -0.4 is 10.7 Å². The minimum absolute atomic E-state index is 0.227. The molecule has 1 unspecified atom stereocenters. The molecule has 1 aliphatic rings. The molecule has 0 bridgehead atoms. The summed E-state index contributed by atoms with van der Waals surface area (Å²) in [7, 11) is 1.88. The van der Waals surface area contributed by atoms with Crippen LogP contribution in [-0.2, 0) is 11.8 Å². The van der Waals surface area contributed by atoms with Crippen molar-refractivity contribution in [2.24, 2.45) is 23.0 Å². The first-order chi connectivity index (χ1) is 15.0. The SMILES string of the molecule is CC(=NN)C1=NCCC(N(C=O)c2cccc(Cl)c2)c2cc(-c3cnn(C)c3)ccc21. The molecule has 2 aromatic carbocycles. The molecule has 1 amide bonds. The van der Waals surface area contributed by atoms with E-state index in [9.17, 15) is 4.79 Å². The van der Waals surface area contributed by atoms with Crippen molar-refractivity contribution in [1.82, 2.24) is 9.78 Å². The highest BCUT2D eigenvalue weighted by molar-refractivity contribution is 6.48. The minimum Gasteiger partial charge on any atom is -0.323 e. The van der Waals surface area contributed by atoms with Crippen molar-refractivity contribution < 1.29 is 4.79 Å². The monoisotopic (exact) mass is 434 g/mol. The lowest BCUT2D eigenvalue weighted by atomic mass is 9.91. The van der Waals surface area contributed by atoms with E-state index in [-0.39, 0.29) is 6.04 Å². The number of anilines is 1. The molecule has 1 aromatic heterocycles. The quantitative estimate of drug-likeness (QED) is 0.285. The maximum atomic E-state index is 12.3. The Hall–Kier alpha value is -3.45. The molecule has 3 aromatic rings. The zero-order valence-electron chi connectivity index (χ0n) is 17.4. The van der Waals surface area contributed by atoms with E-state index < -0.39 is 0 Å². The molecule has 7 nitrogen and oxygen atoms in total. The number of benzene rings is 2. The van der Waals surface area contributed by atoms with Crippen LogP contribution in [0.4, 0.5) is 5.69 Å². The summed E-state index contributed by atoms with van der Waals surface area (Å²) in [6.45, 7) is 2.38. The summed E-state index contributed by atoms with van der Waals surface area (Å²) in [5, 5.41) is 8.73. The third kappa shape index (κ3) is 4.09. The van der Waals surface area contributed by atoms with Crippen LogP contribution in [0.25, 0.3) is 11.1 Å². The molecule has 158 valence electrons. The molecule has 0 fully saturated rings. The number of amides is 1. The third-order valence-corrected chi connectivity index (χ3v) is 5.70. The van der Waals surface area contributed by atoms with Gasteiger partial charge in [-0.05, 0) is 48.7 Å². The highest BCUT2D eigenvalue weighted by Crippen LogP contribution is 2.36. The number of halogens is 1. The van der Waals surface area contributed by atoms with Crippen LogP contribution >= 0.6 is 11.6 Å². The van der Waals surface area contributed by atoms with Gasteiger partial charge < -0.3 is 10.7 Å². The average molecular weight is 435 g/mol. The maximum absolute atomic E-state index is 12.3. The second-order valence-corrected chi connectivity index (χ2v) is 7.88. The van der Waals surface area contributed by atoms with Gasteiger partial charge in [0.1, 0.15) is 0 Å². The first-order valence-electron chi connectivity index (χ1n) is 9.93. The third-order valence-electron chi connectivity index (χ3n) is 5.47. The summed E-state index contributed by atoms with van der Waals surface area (Å²) in [5.41, 5.74) is 6.03. The number of aromatic nitrogens is 2. The largest absolute Gasteiger partial charge is 0.323 e. The topological polar surface area (TPSA) is 88.9 Å². The van der Waals surface area contributed by atoms with Crippen LogP contribution in [0.2, 0.25) is 5.02 Å². The molecular weight excluding hydrogens is 412 g/mol. The number of aryl methyl sites for hydroxylation is 1. The number of carbonyl (C=O) groups is 1. The number of hydrogen-bond acceptors (Lipinski definition) is 5. The molecule has 4 rings (SSSR count). The molecule has 0 saturated carbocycles. The second-order valence-electron chi connectivity index (χ2n) is 7.45. The van der Waals surface area contributed by atoms with Gasteiger partial charge >= 0.3 is 0 Å². The van der Waals surface area contributed by atoms with Crippen molar-refractivity contribution in [3.05, 3.63) is 71.0 Å². The van der Waals surface area contributed by atoms with E-state index in [1.54, 1.807) is 21.7 Å². The Kier molecular flexibility index (Phi) is 5.86. The van der Waals surface area contributed by atoms with Crippen LogP contribution in [0, 0.1) is 0 Å². The number of carbonyl (C=O) groups excluding carboxylic acids is 1. The van der Waals surface area contributed by atoms with Gasteiger partial charge in [0.2, 0.25) is 6.41 Å². The standard InChI is InChI=1S/C23H23ClN6O/c1-15(28-25)23-20-7-6-16(17-12-27-29(2)13-17)10-21(20)22(8-9-26-23)30(14-31)19-5-3-4-18(24)11-19/h3-7,10-14,22H,8-9,25H2,1-2H3. The Morgan fingerprint density at radius 2 is 2.13 bits per heavy atom. The van der Waals surface area contributed by atoms with Crippen molar-refractivity contribution in [3.63, 3.8) is 0 Å². The van der Waals surface area contributed by atoms with E-state index in [2.05, 4.69) is 16.3 Å². The lowest BCUT2D eigenvalue weighted by Gasteiger charge is -2.29. The van der Waals surface area contributed by atoms with E-state index in [1.807, 2.05) is 50.6 Å². The smallest absolute Gasteiger partial charge is 0.214 e. The molecule has 1 aliphatic heterocycles. The molecule has 0 aliphatic carbocycles. The predicted molar refractivity (Wildman–Crippen MR) is 125 cm³/mol. The van der Waals surface area contributed by atoms with E-state index in [4.69, 9.17) is 22.4 Å².